The van der Waals surface area contributed by atoms with Crippen LogP contribution in [0.25, 0.3) is 11.0 Å². The lowest BCUT2D eigenvalue weighted by Crippen LogP contribution is -2.43. The molecule has 0 fully saturated rings. The molecular weight excluding hydrogens is 460 g/mol. The Bertz CT molecular complexity index is 1530. The number of amides is 1. The molecule has 1 aliphatic carbocycles. The number of H-pyrrole nitrogens is 1. The van der Waals surface area contributed by atoms with Crippen molar-refractivity contribution in [3.05, 3.63) is 91.8 Å². The summed E-state index contributed by atoms with van der Waals surface area (Å²) in [7, 11) is 1.51. The second-order valence-electron chi connectivity index (χ2n) is 9.01. The van der Waals surface area contributed by atoms with Crippen molar-refractivity contribution < 1.29 is 13.9 Å². The first-order chi connectivity index (χ1) is 17.5. The number of nitrogens with zero attached hydrogens (tertiary/aromatic N) is 2. The maximum Gasteiger partial charge on any atom is 0.330 e. The van der Waals surface area contributed by atoms with Crippen molar-refractivity contribution in [2.45, 2.75) is 32.2 Å². The third-order valence-corrected chi connectivity index (χ3v) is 6.70. The van der Waals surface area contributed by atoms with E-state index < -0.39 is 11.2 Å². The molecule has 2 aromatic heterocycles. The highest BCUT2D eigenvalue weighted by molar-refractivity contribution is 5.99. The lowest BCUT2D eigenvalue weighted by Gasteiger charge is -2.24. The molecule has 36 heavy (non-hydrogen) atoms. The molecule has 0 unspecified atom stereocenters. The van der Waals surface area contributed by atoms with Crippen LogP contribution in [-0.2, 0) is 35.3 Å². The number of methoxy groups -OCH3 is 1. The van der Waals surface area contributed by atoms with Gasteiger partial charge in [0, 0.05) is 24.6 Å². The molecule has 4 aromatic rings. The third kappa shape index (κ3) is 4.45. The Balaban J connectivity index is 1.51. The lowest BCUT2D eigenvalue weighted by molar-refractivity contribution is -0.118. The Morgan fingerprint density at radius 2 is 1.92 bits per heavy atom. The highest BCUT2D eigenvalue weighted by Crippen LogP contribution is 2.31. The molecule has 0 spiro atoms. The van der Waals surface area contributed by atoms with Crippen molar-refractivity contribution >= 4 is 28.4 Å². The maximum absolute atomic E-state index is 13.6. The smallest absolute Gasteiger partial charge is 0.330 e. The van der Waals surface area contributed by atoms with Gasteiger partial charge < -0.3 is 19.8 Å². The Morgan fingerprint density at radius 3 is 2.67 bits per heavy atom. The minimum absolute atomic E-state index is 0.00614. The van der Waals surface area contributed by atoms with E-state index in [1.54, 1.807) is 6.26 Å². The van der Waals surface area contributed by atoms with Gasteiger partial charge in [-0.3, -0.25) is 19.1 Å². The number of benzene rings is 2. The van der Waals surface area contributed by atoms with Crippen LogP contribution in [0.3, 0.4) is 0 Å². The Hall–Kier alpha value is -4.11. The number of hydrogen-bond acceptors (Lipinski definition) is 6. The molecule has 0 saturated heterocycles. The van der Waals surface area contributed by atoms with Crippen LogP contribution in [0.5, 0.6) is 0 Å². The normalized spacial score (nSPS) is 12.7. The topological polar surface area (TPSA) is 124 Å². The predicted octanol–water partition coefficient (Wildman–Crippen LogP) is 2.62. The molecule has 0 atom stereocenters. The molecule has 0 radical (unpaired) electrons. The molecule has 3 N–H and O–H groups in total. The van der Waals surface area contributed by atoms with Crippen molar-refractivity contribution in [3.8, 4) is 0 Å². The van der Waals surface area contributed by atoms with Gasteiger partial charge >= 0.3 is 5.69 Å². The van der Waals surface area contributed by atoms with Gasteiger partial charge in [0.15, 0.2) is 5.69 Å². The van der Waals surface area contributed by atoms with Crippen LogP contribution in [0.2, 0.25) is 0 Å². The van der Waals surface area contributed by atoms with Crippen molar-refractivity contribution in [3.63, 3.8) is 0 Å². The summed E-state index contributed by atoms with van der Waals surface area (Å²) in [6, 6.07) is 13.4. The summed E-state index contributed by atoms with van der Waals surface area (Å²) in [4.78, 5) is 42.7. The number of nitrogens with one attached hydrogen (secondary N) is 1. The number of carbonyl (C=O) groups excluding carboxylic acids is 1. The SMILES string of the molecule is COCCN(C(=O)Cc1coc2cc3c(cc12)CCC3)c1c(N)n(Cc2ccccc2)c(=O)[nH]c1=O. The first-order valence-electron chi connectivity index (χ1n) is 11.9. The Labute approximate surface area is 207 Å². The fraction of sp³-hybridized carbons (Fsp3) is 0.296. The van der Waals surface area contributed by atoms with E-state index in [1.165, 1.54) is 27.7 Å². The highest BCUT2D eigenvalue weighted by Gasteiger charge is 2.26. The number of hydrogen-bond donors (Lipinski definition) is 2. The van der Waals surface area contributed by atoms with Gasteiger partial charge in [-0.25, -0.2) is 4.79 Å². The number of ether oxygens (including phenoxy) is 1. The van der Waals surface area contributed by atoms with Gasteiger partial charge in [0.05, 0.1) is 25.8 Å². The molecule has 5 rings (SSSR count). The van der Waals surface area contributed by atoms with Crippen molar-refractivity contribution in [2.75, 3.05) is 30.9 Å². The average Bonchev–Trinajstić information content (AvgIpc) is 3.49. The predicted molar refractivity (Wildman–Crippen MR) is 137 cm³/mol. The summed E-state index contributed by atoms with van der Waals surface area (Å²) in [6.45, 7) is 0.429. The molecule has 9 nitrogen and oxygen atoms in total. The van der Waals surface area contributed by atoms with E-state index in [1.807, 2.05) is 30.3 Å². The van der Waals surface area contributed by atoms with Crippen LogP contribution >= 0.6 is 0 Å². The van der Waals surface area contributed by atoms with Crippen LogP contribution in [0.1, 0.15) is 28.7 Å². The van der Waals surface area contributed by atoms with Gasteiger partial charge in [-0.2, -0.15) is 0 Å². The molecule has 9 heteroatoms. The number of aromatic amines is 1. The van der Waals surface area contributed by atoms with Gasteiger partial charge in [0.2, 0.25) is 5.91 Å². The van der Waals surface area contributed by atoms with Gasteiger partial charge in [-0.15, -0.1) is 0 Å². The van der Waals surface area contributed by atoms with E-state index in [9.17, 15) is 14.4 Å². The zero-order valence-corrected chi connectivity index (χ0v) is 20.1. The molecule has 1 aliphatic rings. The summed E-state index contributed by atoms with van der Waals surface area (Å²) >= 11 is 0. The molecule has 0 saturated carbocycles. The lowest BCUT2D eigenvalue weighted by atomic mass is 10.0. The number of anilines is 2. The fourth-order valence-corrected chi connectivity index (χ4v) is 4.85. The van der Waals surface area contributed by atoms with Gasteiger partial charge in [0.25, 0.3) is 5.56 Å². The summed E-state index contributed by atoms with van der Waals surface area (Å²) in [6.07, 6.45) is 4.76. The Kier molecular flexibility index (Phi) is 6.47. The molecule has 1 amide bonds. The molecule has 186 valence electrons. The molecule has 2 aromatic carbocycles. The number of nitrogens with two attached hydrogens (primary N) is 1. The second kappa shape index (κ2) is 9.87. The minimum Gasteiger partial charge on any atom is -0.464 e. The van der Waals surface area contributed by atoms with Crippen LogP contribution in [0, 0.1) is 0 Å². The zero-order valence-electron chi connectivity index (χ0n) is 20.1. The number of rotatable bonds is 8. The first-order valence-corrected chi connectivity index (χ1v) is 11.9. The van der Waals surface area contributed by atoms with E-state index >= 15 is 0 Å². The first kappa shape index (κ1) is 23.6. The van der Waals surface area contributed by atoms with Crippen molar-refractivity contribution in [2.24, 2.45) is 0 Å². The summed E-state index contributed by atoms with van der Waals surface area (Å²) < 4.78 is 12.2. The molecule has 0 aliphatic heterocycles. The van der Waals surface area contributed by atoms with Gasteiger partial charge in [0.1, 0.15) is 11.4 Å². The number of aryl methyl sites for hydroxylation is 2. The quantitative estimate of drug-likeness (QED) is 0.393. The van der Waals surface area contributed by atoms with E-state index in [4.69, 9.17) is 14.9 Å². The van der Waals surface area contributed by atoms with Crippen LogP contribution < -0.4 is 21.9 Å². The number of aromatic nitrogens is 2. The summed E-state index contributed by atoms with van der Waals surface area (Å²) in [5.74, 6) is -0.427. The number of furan rings is 1. The fourth-order valence-electron chi connectivity index (χ4n) is 4.85. The van der Waals surface area contributed by atoms with E-state index in [2.05, 4.69) is 17.1 Å². The highest BCUT2D eigenvalue weighted by atomic mass is 16.5. The van der Waals surface area contributed by atoms with E-state index in [0.717, 1.165) is 41.4 Å². The zero-order chi connectivity index (χ0) is 25.2. The monoisotopic (exact) mass is 488 g/mol. The van der Waals surface area contributed by atoms with Crippen molar-refractivity contribution in [1.29, 1.82) is 0 Å². The summed E-state index contributed by atoms with van der Waals surface area (Å²) in [5.41, 5.74) is 9.81. The van der Waals surface area contributed by atoms with Crippen LogP contribution in [0.4, 0.5) is 11.5 Å². The number of nitrogen functional groups attached to an aromatic ring is 1. The van der Waals surface area contributed by atoms with E-state index in [-0.39, 0.29) is 43.5 Å². The van der Waals surface area contributed by atoms with Crippen molar-refractivity contribution in [1.82, 2.24) is 9.55 Å². The standard InChI is InChI=1S/C27H28N4O5/c1-35-11-10-30(23(32)14-20-16-36-22-13-19-9-5-8-18(19)12-21(20)22)24-25(28)31(27(34)29-26(24)33)15-17-6-3-2-4-7-17/h2-4,6-7,12-13,16H,5,8-11,14-15,28H2,1H3,(H,29,33,34). The minimum atomic E-state index is -0.721. The molecule has 0 bridgehead atoms. The Morgan fingerprint density at radius 1 is 1.17 bits per heavy atom. The van der Waals surface area contributed by atoms with Gasteiger partial charge in [-0.05, 0) is 48.1 Å². The van der Waals surface area contributed by atoms with Crippen LogP contribution in [-0.4, -0.2) is 35.7 Å². The van der Waals surface area contributed by atoms with Gasteiger partial charge in [-0.1, -0.05) is 30.3 Å². The number of carbonyl (C=O) groups is 1. The average molecular weight is 489 g/mol. The number of fused-ring (bicyclic) bond motifs is 2. The third-order valence-electron chi connectivity index (χ3n) is 6.70. The molecular formula is C27H28N4O5. The summed E-state index contributed by atoms with van der Waals surface area (Å²) in [5, 5.41) is 0.895. The molecule has 2 heterocycles. The van der Waals surface area contributed by atoms with E-state index in [0.29, 0.717) is 0 Å². The largest absolute Gasteiger partial charge is 0.464 e. The maximum atomic E-state index is 13.6. The second-order valence-corrected chi connectivity index (χ2v) is 9.01. The van der Waals surface area contributed by atoms with Crippen LogP contribution in [0.15, 0.2) is 62.7 Å².